The third-order valence-corrected chi connectivity index (χ3v) is 4.73. The molecule has 0 bridgehead atoms. The van der Waals surface area contributed by atoms with Gasteiger partial charge in [-0.2, -0.15) is 9.61 Å². The Morgan fingerprint density at radius 2 is 2.20 bits per heavy atom. The first kappa shape index (κ1) is 21.4. The van der Waals surface area contributed by atoms with Gasteiger partial charge in [-0.05, 0) is 52.8 Å². The number of carbonyl (C=O) groups excluding carboxylic acids is 1. The molecule has 0 radical (unpaired) electrons. The number of aromatic nitrogens is 3. The Labute approximate surface area is 176 Å². The quantitative estimate of drug-likeness (QED) is 0.332. The molecule has 3 rings (SSSR count). The zero-order chi connectivity index (χ0) is 21.7. The van der Waals surface area contributed by atoms with Crippen LogP contribution in [0.25, 0.3) is 5.65 Å². The van der Waals surface area contributed by atoms with E-state index in [9.17, 15) is 4.79 Å². The topological polar surface area (TPSA) is 105 Å². The van der Waals surface area contributed by atoms with Gasteiger partial charge in [0.25, 0.3) is 5.91 Å². The van der Waals surface area contributed by atoms with E-state index in [1.165, 1.54) is 0 Å². The van der Waals surface area contributed by atoms with Crippen molar-refractivity contribution in [1.29, 1.82) is 0 Å². The Morgan fingerprint density at radius 3 is 2.77 bits per heavy atom. The molecule has 0 unspecified atom stereocenters. The second-order valence-corrected chi connectivity index (χ2v) is 7.34. The molecule has 0 aliphatic heterocycles. The lowest BCUT2D eigenvalue weighted by molar-refractivity contribution is 0.0918. The molecule has 2 aromatic heterocycles. The minimum absolute atomic E-state index is 0.0625. The summed E-state index contributed by atoms with van der Waals surface area (Å²) in [7, 11) is 1.79. The summed E-state index contributed by atoms with van der Waals surface area (Å²) in [5.41, 5.74) is 1.50. The Balaban J connectivity index is 2.00. The minimum atomic E-state index is -0.165. The van der Waals surface area contributed by atoms with E-state index in [1.807, 2.05) is 32.9 Å². The summed E-state index contributed by atoms with van der Waals surface area (Å²) < 4.78 is 7.36. The number of nitrogens with one attached hydrogen (secondary N) is 3. The van der Waals surface area contributed by atoms with Gasteiger partial charge in [-0.25, -0.2) is 9.98 Å². The lowest BCUT2D eigenvalue weighted by Gasteiger charge is -2.26. The van der Waals surface area contributed by atoms with E-state index in [-0.39, 0.29) is 18.1 Å². The zero-order valence-electron chi connectivity index (χ0n) is 17.9. The van der Waals surface area contributed by atoms with Gasteiger partial charge in [0.2, 0.25) is 5.88 Å². The molecule has 1 amide bonds. The fraction of sp³-hybridized carbons (Fsp3) is 0.429. The summed E-state index contributed by atoms with van der Waals surface area (Å²) in [5.74, 6) is 1.41. The van der Waals surface area contributed by atoms with Gasteiger partial charge in [0.15, 0.2) is 5.65 Å². The number of rotatable bonds is 9. The number of anilines is 2. The number of hydrogen-bond acceptors (Lipinski definition) is 7. The van der Waals surface area contributed by atoms with Gasteiger partial charge >= 0.3 is 0 Å². The van der Waals surface area contributed by atoms with Crippen molar-refractivity contribution < 1.29 is 9.53 Å². The van der Waals surface area contributed by atoms with Gasteiger partial charge in [-0.3, -0.25) is 4.79 Å². The van der Waals surface area contributed by atoms with Crippen LogP contribution in [0.1, 0.15) is 50.4 Å². The van der Waals surface area contributed by atoms with Crippen molar-refractivity contribution in [3.05, 3.63) is 41.6 Å². The van der Waals surface area contributed by atoms with Crippen molar-refractivity contribution in [3.8, 4) is 0 Å². The first-order valence-electron chi connectivity index (χ1n) is 10.1. The van der Waals surface area contributed by atoms with Crippen molar-refractivity contribution in [3.63, 3.8) is 0 Å². The summed E-state index contributed by atoms with van der Waals surface area (Å²) in [5, 5.41) is 13.7. The van der Waals surface area contributed by atoms with Gasteiger partial charge < -0.3 is 20.7 Å². The fourth-order valence-corrected chi connectivity index (χ4v) is 3.06. The predicted molar refractivity (Wildman–Crippen MR) is 119 cm³/mol. The zero-order valence-corrected chi connectivity index (χ0v) is 17.9. The smallest absolute Gasteiger partial charge is 0.256 e. The third kappa shape index (κ3) is 4.61. The Bertz CT molecular complexity index is 987. The Hall–Kier alpha value is -3.36. The molecular weight excluding hydrogens is 382 g/mol. The maximum Gasteiger partial charge on any atom is 0.256 e. The van der Waals surface area contributed by atoms with Crippen LogP contribution in [-0.4, -0.2) is 46.4 Å². The van der Waals surface area contributed by atoms with Crippen LogP contribution in [-0.2, 0) is 4.74 Å². The van der Waals surface area contributed by atoms with Gasteiger partial charge in [0.1, 0.15) is 22.9 Å². The fourth-order valence-electron chi connectivity index (χ4n) is 3.06. The second kappa shape index (κ2) is 9.43. The number of fused-ring (bicyclic) bond motifs is 1. The third-order valence-electron chi connectivity index (χ3n) is 4.73. The highest BCUT2D eigenvalue weighted by Gasteiger charge is 2.23. The number of hydrogen-bond donors (Lipinski definition) is 3. The molecule has 2 aromatic rings. The SMILES string of the molecule is C=N/C(OC(C)C)=C(\C=C/C)Nc1cc(NC)n2ncc(C(=O)NC3CCC3)c2n1. The van der Waals surface area contributed by atoms with Crippen LogP contribution in [0.3, 0.4) is 0 Å². The van der Waals surface area contributed by atoms with Gasteiger partial charge in [0.05, 0.1) is 12.3 Å². The van der Waals surface area contributed by atoms with Gasteiger partial charge in [0, 0.05) is 19.2 Å². The molecule has 30 heavy (non-hydrogen) atoms. The Kier molecular flexibility index (Phi) is 6.71. The normalized spacial score (nSPS) is 15.1. The maximum absolute atomic E-state index is 12.7. The van der Waals surface area contributed by atoms with Crippen LogP contribution in [0.4, 0.5) is 11.6 Å². The molecule has 2 heterocycles. The number of nitrogens with zero attached hydrogens (tertiary/aromatic N) is 4. The van der Waals surface area contributed by atoms with E-state index in [2.05, 4.69) is 37.7 Å². The number of amides is 1. The number of carbonyl (C=O) groups is 1. The van der Waals surface area contributed by atoms with E-state index in [1.54, 1.807) is 23.8 Å². The van der Waals surface area contributed by atoms with Crippen LogP contribution in [0, 0.1) is 0 Å². The molecule has 0 saturated heterocycles. The largest absolute Gasteiger partial charge is 0.473 e. The molecule has 9 heteroatoms. The van der Waals surface area contributed by atoms with Crippen molar-refractivity contribution in [2.24, 2.45) is 4.99 Å². The average molecular weight is 412 g/mol. The molecule has 1 aliphatic rings. The highest BCUT2D eigenvalue weighted by molar-refractivity contribution is 6.00. The van der Waals surface area contributed by atoms with E-state index in [0.717, 1.165) is 19.3 Å². The van der Waals surface area contributed by atoms with Crippen LogP contribution >= 0.6 is 0 Å². The molecular formula is C21H29N7O2. The standard InChI is InChI=1S/C21H29N7O2/c1-6-8-16(21(23-5)30-13(2)3)26-17-11-18(22-4)28-19(27-17)15(12-24-28)20(29)25-14-9-7-10-14/h6,8,11-14,22H,5,7,9-10H2,1-4H3,(H,25,29)(H,26,27)/b8-6-,21-16-. The van der Waals surface area contributed by atoms with E-state index < -0.39 is 0 Å². The van der Waals surface area contributed by atoms with E-state index in [4.69, 9.17) is 4.74 Å². The van der Waals surface area contributed by atoms with Crippen molar-refractivity contribution in [1.82, 2.24) is 19.9 Å². The lowest BCUT2D eigenvalue weighted by atomic mass is 9.93. The van der Waals surface area contributed by atoms with Crippen LogP contribution in [0.15, 0.2) is 41.0 Å². The van der Waals surface area contributed by atoms with Crippen molar-refractivity contribution in [2.45, 2.75) is 52.2 Å². The summed E-state index contributed by atoms with van der Waals surface area (Å²) in [6.07, 6.45) is 8.35. The molecule has 0 spiro atoms. The monoisotopic (exact) mass is 411 g/mol. The van der Waals surface area contributed by atoms with Crippen molar-refractivity contribution in [2.75, 3.05) is 17.7 Å². The van der Waals surface area contributed by atoms with Gasteiger partial charge in [-0.15, -0.1) is 0 Å². The summed E-state index contributed by atoms with van der Waals surface area (Å²) in [4.78, 5) is 21.4. The molecule has 0 aromatic carbocycles. The molecule has 0 atom stereocenters. The number of aliphatic imine (C=N–C) groups is 1. The minimum Gasteiger partial charge on any atom is -0.473 e. The van der Waals surface area contributed by atoms with Crippen LogP contribution in [0.5, 0.6) is 0 Å². The summed E-state index contributed by atoms with van der Waals surface area (Å²) >= 11 is 0. The average Bonchev–Trinajstić information content (AvgIpc) is 3.11. The molecule has 160 valence electrons. The van der Waals surface area contributed by atoms with Crippen molar-refractivity contribution >= 4 is 29.9 Å². The molecule has 1 aliphatic carbocycles. The lowest BCUT2D eigenvalue weighted by Crippen LogP contribution is -2.39. The summed E-state index contributed by atoms with van der Waals surface area (Å²) in [6, 6.07) is 2.03. The predicted octanol–water partition coefficient (Wildman–Crippen LogP) is 3.34. The first-order valence-corrected chi connectivity index (χ1v) is 10.1. The molecule has 1 fully saturated rings. The number of allylic oxidation sites excluding steroid dienone is 2. The van der Waals surface area contributed by atoms with E-state index in [0.29, 0.717) is 34.4 Å². The maximum atomic E-state index is 12.7. The van der Waals surface area contributed by atoms with Gasteiger partial charge in [-0.1, -0.05) is 6.08 Å². The first-order chi connectivity index (χ1) is 14.5. The molecule has 3 N–H and O–H groups in total. The Morgan fingerprint density at radius 1 is 1.43 bits per heavy atom. The number of ether oxygens (including phenoxy) is 1. The molecule has 1 saturated carbocycles. The van der Waals surface area contributed by atoms with E-state index >= 15 is 0 Å². The molecule has 9 nitrogen and oxygen atoms in total. The van der Waals surface area contributed by atoms with Crippen LogP contribution < -0.4 is 16.0 Å². The highest BCUT2D eigenvalue weighted by atomic mass is 16.5. The highest BCUT2D eigenvalue weighted by Crippen LogP contribution is 2.23. The summed E-state index contributed by atoms with van der Waals surface area (Å²) in [6.45, 7) is 9.34. The second-order valence-electron chi connectivity index (χ2n) is 7.34. The van der Waals surface area contributed by atoms with Crippen LogP contribution in [0.2, 0.25) is 0 Å².